The van der Waals surface area contributed by atoms with Crippen LogP contribution in [0.3, 0.4) is 0 Å². The molecule has 0 aliphatic rings. The summed E-state index contributed by atoms with van der Waals surface area (Å²) in [5.41, 5.74) is 1.76. The summed E-state index contributed by atoms with van der Waals surface area (Å²) >= 11 is 1.40. The van der Waals surface area contributed by atoms with Gasteiger partial charge in [0.05, 0.1) is 0 Å². The fourth-order valence-electron chi connectivity index (χ4n) is 1.32. The van der Waals surface area contributed by atoms with Gasteiger partial charge in [-0.2, -0.15) is 0 Å². The highest BCUT2D eigenvalue weighted by atomic mass is 32.1. The molecule has 0 atom stereocenters. The van der Waals surface area contributed by atoms with Crippen LogP contribution in [-0.4, -0.2) is 16.1 Å². The summed E-state index contributed by atoms with van der Waals surface area (Å²) in [6, 6.07) is 7.41. The van der Waals surface area contributed by atoms with E-state index >= 15 is 0 Å². The molecule has 17 heavy (non-hydrogen) atoms. The molecule has 0 aliphatic heterocycles. The molecule has 1 amide bonds. The molecule has 1 aromatic carbocycles. The van der Waals surface area contributed by atoms with Gasteiger partial charge in [0.25, 0.3) is 5.91 Å². The Morgan fingerprint density at radius 3 is 2.59 bits per heavy atom. The van der Waals surface area contributed by atoms with Crippen molar-refractivity contribution in [2.45, 2.75) is 20.3 Å². The SMILES string of the molecule is CCc1nnc(NC(=O)c2ccc(C)cc2)s1. The van der Waals surface area contributed by atoms with E-state index in [9.17, 15) is 4.79 Å². The smallest absolute Gasteiger partial charge is 0.257 e. The minimum atomic E-state index is -0.149. The normalized spacial score (nSPS) is 10.2. The second kappa shape index (κ2) is 5.05. The first kappa shape index (κ1) is 11.7. The van der Waals surface area contributed by atoms with Crippen LogP contribution in [0.4, 0.5) is 5.13 Å². The molecule has 1 aromatic heterocycles. The third-order valence-corrected chi connectivity index (χ3v) is 3.29. The number of carbonyl (C=O) groups is 1. The number of nitrogens with one attached hydrogen (secondary N) is 1. The van der Waals surface area contributed by atoms with E-state index in [0.717, 1.165) is 17.0 Å². The number of hydrogen-bond acceptors (Lipinski definition) is 4. The molecule has 2 rings (SSSR count). The molecule has 88 valence electrons. The standard InChI is InChI=1S/C12H13N3OS/c1-3-10-14-15-12(17-10)13-11(16)9-6-4-8(2)5-7-9/h4-7H,3H2,1-2H3,(H,13,15,16). The molecule has 0 aliphatic carbocycles. The first-order valence-electron chi connectivity index (χ1n) is 5.39. The van der Waals surface area contributed by atoms with Crippen LogP contribution < -0.4 is 5.32 Å². The maximum absolute atomic E-state index is 11.9. The quantitative estimate of drug-likeness (QED) is 0.907. The summed E-state index contributed by atoms with van der Waals surface area (Å²) in [7, 11) is 0. The van der Waals surface area contributed by atoms with Crippen molar-refractivity contribution >= 4 is 22.4 Å². The molecule has 0 radical (unpaired) electrons. The molecular weight excluding hydrogens is 234 g/mol. The minimum absolute atomic E-state index is 0.149. The summed E-state index contributed by atoms with van der Waals surface area (Å²) in [6.45, 7) is 3.99. The minimum Gasteiger partial charge on any atom is -0.296 e. The highest BCUT2D eigenvalue weighted by Crippen LogP contribution is 2.16. The third kappa shape index (κ3) is 2.88. The van der Waals surface area contributed by atoms with Crippen molar-refractivity contribution in [3.8, 4) is 0 Å². The van der Waals surface area contributed by atoms with Gasteiger partial charge >= 0.3 is 0 Å². The van der Waals surface area contributed by atoms with E-state index in [1.807, 2.05) is 26.0 Å². The lowest BCUT2D eigenvalue weighted by Crippen LogP contribution is -2.11. The van der Waals surface area contributed by atoms with E-state index in [0.29, 0.717) is 10.7 Å². The molecule has 1 heterocycles. The van der Waals surface area contributed by atoms with E-state index in [1.54, 1.807) is 12.1 Å². The molecule has 0 bridgehead atoms. The van der Waals surface area contributed by atoms with Gasteiger partial charge in [-0.15, -0.1) is 10.2 Å². The first-order chi connectivity index (χ1) is 8.19. The third-order valence-electron chi connectivity index (χ3n) is 2.30. The van der Waals surface area contributed by atoms with Crippen LogP contribution in [-0.2, 0) is 6.42 Å². The number of rotatable bonds is 3. The number of nitrogens with zero attached hydrogens (tertiary/aromatic N) is 2. The van der Waals surface area contributed by atoms with Gasteiger partial charge in [0, 0.05) is 5.56 Å². The zero-order chi connectivity index (χ0) is 12.3. The van der Waals surface area contributed by atoms with Crippen molar-refractivity contribution in [2.24, 2.45) is 0 Å². The van der Waals surface area contributed by atoms with Gasteiger partial charge in [0.1, 0.15) is 5.01 Å². The predicted octanol–water partition coefficient (Wildman–Crippen LogP) is 2.66. The molecule has 0 fully saturated rings. The molecule has 0 unspecified atom stereocenters. The largest absolute Gasteiger partial charge is 0.296 e. The number of amides is 1. The van der Waals surface area contributed by atoms with Gasteiger partial charge in [0.2, 0.25) is 5.13 Å². The van der Waals surface area contributed by atoms with E-state index < -0.39 is 0 Å². The van der Waals surface area contributed by atoms with E-state index in [-0.39, 0.29) is 5.91 Å². The average molecular weight is 247 g/mol. The van der Waals surface area contributed by atoms with E-state index in [1.165, 1.54) is 11.3 Å². The Morgan fingerprint density at radius 1 is 1.29 bits per heavy atom. The van der Waals surface area contributed by atoms with E-state index in [4.69, 9.17) is 0 Å². The molecule has 0 saturated carbocycles. The Labute approximate surface area is 104 Å². The Bertz CT molecular complexity index is 519. The monoisotopic (exact) mass is 247 g/mol. The molecule has 0 spiro atoms. The van der Waals surface area contributed by atoms with Crippen molar-refractivity contribution in [2.75, 3.05) is 5.32 Å². The number of carbonyl (C=O) groups excluding carboxylic acids is 1. The number of anilines is 1. The van der Waals surface area contributed by atoms with Crippen LogP contribution in [0.15, 0.2) is 24.3 Å². The molecule has 1 N–H and O–H groups in total. The number of aromatic nitrogens is 2. The summed E-state index contributed by atoms with van der Waals surface area (Å²) in [5, 5.41) is 12.1. The van der Waals surface area contributed by atoms with Crippen LogP contribution in [0.1, 0.15) is 27.9 Å². The van der Waals surface area contributed by atoms with Gasteiger partial charge in [-0.1, -0.05) is 36.0 Å². The molecule has 5 heteroatoms. The van der Waals surface area contributed by atoms with Crippen molar-refractivity contribution in [1.29, 1.82) is 0 Å². The van der Waals surface area contributed by atoms with Crippen LogP contribution in [0.25, 0.3) is 0 Å². The van der Waals surface area contributed by atoms with Crippen molar-refractivity contribution in [3.63, 3.8) is 0 Å². The fraction of sp³-hybridized carbons (Fsp3) is 0.250. The van der Waals surface area contributed by atoms with Crippen LogP contribution >= 0.6 is 11.3 Å². The van der Waals surface area contributed by atoms with Gasteiger partial charge < -0.3 is 0 Å². The van der Waals surface area contributed by atoms with Crippen molar-refractivity contribution < 1.29 is 4.79 Å². The van der Waals surface area contributed by atoms with Gasteiger partial charge in [-0.25, -0.2) is 0 Å². The molecule has 0 saturated heterocycles. The Morgan fingerprint density at radius 2 is 2.00 bits per heavy atom. The topological polar surface area (TPSA) is 54.9 Å². The van der Waals surface area contributed by atoms with Crippen LogP contribution in [0.2, 0.25) is 0 Å². The van der Waals surface area contributed by atoms with Gasteiger partial charge in [0.15, 0.2) is 0 Å². The molecule has 2 aromatic rings. The van der Waals surface area contributed by atoms with Gasteiger partial charge in [-0.05, 0) is 25.5 Å². The zero-order valence-electron chi connectivity index (χ0n) is 9.73. The molecule has 4 nitrogen and oxygen atoms in total. The summed E-state index contributed by atoms with van der Waals surface area (Å²) in [5.74, 6) is -0.149. The Hall–Kier alpha value is -1.75. The number of hydrogen-bond donors (Lipinski definition) is 1. The Balaban J connectivity index is 2.08. The summed E-state index contributed by atoms with van der Waals surface area (Å²) < 4.78 is 0. The number of aryl methyl sites for hydroxylation is 2. The lowest BCUT2D eigenvalue weighted by Gasteiger charge is -2.01. The second-order valence-corrected chi connectivity index (χ2v) is 4.74. The average Bonchev–Trinajstić information content (AvgIpc) is 2.77. The maximum atomic E-state index is 11.9. The lowest BCUT2D eigenvalue weighted by molar-refractivity contribution is 0.102. The summed E-state index contributed by atoms with van der Waals surface area (Å²) in [6.07, 6.45) is 0.831. The number of benzene rings is 1. The second-order valence-electron chi connectivity index (χ2n) is 3.67. The highest BCUT2D eigenvalue weighted by molar-refractivity contribution is 7.15. The lowest BCUT2D eigenvalue weighted by atomic mass is 10.1. The fourth-order valence-corrected chi connectivity index (χ4v) is 2.00. The van der Waals surface area contributed by atoms with Gasteiger partial charge in [-0.3, -0.25) is 10.1 Å². The molecular formula is C12H13N3OS. The van der Waals surface area contributed by atoms with Crippen LogP contribution in [0, 0.1) is 6.92 Å². The summed E-state index contributed by atoms with van der Waals surface area (Å²) in [4.78, 5) is 11.9. The highest BCUT2D eigenvalue weighted by Gasteiger charge is 2.09. The van der Waals surface area contributed by atoms with Crippen LogP contribution in [0.5, 0.6) is 0 Å². The zero-order valence-corrected chi connectivity index (χ0v) is 10.5. The predicted molar refractivity (Wildman–Crippen MR) is 68.4 cm³/mol. The van der Waals surface area contributed by atoms with Crippen molar-refractivity contribution in [1.82, 2.24) is 10.2 Å². The van der Waals surface area contributed by atoms with Crippen molar-refractivity contribution in [3.05, 3.63) is 40.4 Å². The first-order valence-corrected chi connectivity index (χ1v) is 6.21. The maximum Gasteiger partial charge on any atom is 0.257 e. The Kier molecular flexibility index (Phi) is 3.49. The van der Waals surface area contributed by atoms with E-state index in [2.05, 4.69) is 15.5 Å².